The highest BCUT2D eigenvalue weighted by atomic mass is 32.1. The minimum atomic E-state index is -0.114. The minimum absolute atomic E-state index is 0.114. The van der Waals surface area contributed by atoms with Crippen LogP contribution in [0, 0.1) is 0 Å². The SMILES string of the molecule is CCN(C(=S)CCCc1nnnn1C)C1CCC(O)CC1. The van der Waals surface area contributed by atoms with Crippen LogP contribution in [0.3, 0.4) is 0 Å². The Balaban J connectivity index is 1.79. The smallest absolute Gasteiger partial charge is 0.150 e. The first-order valence-electron chi connectivity index (χ1n) is 7.80. The Morgan fingerprint density at radius 3 is 2.67 bits per heavy atom. The zero-order valence-corrected chi connectivity index (χ0v) is 13.7. The number of rotatable bonds is 6. The van der Waals surface area contributed by atoms with Crippen molar-refractivity contribution in [1.29, 1.82) is 0 Å². The lowest BCUT2D eigenvalue weighted by Gasteiger charge is -2.37. The molecule has 0 radical (unpaired) electrons. The monoisotopic (exact) mass is 311 g/mol. The Morgan fingerprint density at radius 2 is 2.10 bits per heavy atom. The minimum Gasteiger partial charge on any atom is -0.393 e. The molecule has 1 heterocycles. The van der Waals surface area contributed by atoms with Gasteiger partial charge < -0.3 is 10.0 Å². The highest BCUT2D eigenvalue weighted by molar-refractivity contribution is 7.80. The first kappa shape index (κ1) is 16.3. The van der Waals surface area contributed by atoms with Crippen molar-refractivity contribution in [2.75, 3.05) is 6.54 Å². The van der Waals surface area contributed by atoms with Gasteiger partial charge in [0.2, 0.25) is 0 Å². The Bertz CT molecular complexity index is 456. The first-order valence-corrected chi connectivity index (χ1v) is 8.21. The van der Waals surface area contributed by atoms with Crippen molar-refractivity contribution in [3.8, 4) is 0 Å². The lowest BCUT2D eigenvalue weighted by Crippen LogP contribution is -2.42. The van der Waals surface area contributed by atoms with Gasteiger partial charge in [0, 0.05) is 26.1 Å². The summed E-state index contributed by atoms with van der Waals surface area (Å²) < 4.78 is 1.71. The number of aryl methyl sites for hydroxylation is 2. The van der Waals surface area contributed by atoms with Crippen LogP contribution in [0.2, 0.25) is 0 Å². The highest BCUT2D eigenvalue weighted by Gasteiger charge is 2.25. The predicted octanol–water partition coefficient (Wildman–Crippen LogP) is 1.49. The van der Waals surface area contributed by atoms with Gasteiger partial charge in [-0.15, -0.1) is 5.10 Å². The maximum atomic E-state index is 9.62. The summed E-state index contributed by atoms with van der Waals surface area (Å²) >= 11 is 5.62. The summed E-state index contributed by atoms with van der Waals surface area (Å²) in [6.45, 7) is 3.11. The molecular weight excluding hydrogens is 286 g/mol. The van der Waals surface area contributed by atoms with E-state index in [1.54, 1.807) is 4.68 Å². The molecule has 1 N–H and O–H groups in total. The number of nitrogens with zero attached hydrogens (tertiary/aromatic N) is 5. The summed E-state index contributed by atoms with van der Waals surface area (Å²) in [4.78, 5) is 3.38. The van der Waals surface area contributed by atoms with Gasteiger partial charge in [-0.3, -0.25) is 0 Å². The van der Waals surface area contributed by atoms with Crippen molar-refractivity contribution in [1.82, 2.24) is 25.1 Å². The molecule has 0 unspecified atom stereocenters. The molecule has 6 nitrogen and oxygen atoms in total. The van der Waals surface area contributed by atoms with Crippen molar-refractivity contribution >= 4 is 17.2 Å². The predicted molar refractivity (Wildman–Crippen MR) is 85.0 cm³/mol. The average Bonchev–Trinajstić information content (AvgIpc) is 2.87. The quantitative estimate of drug-likeness (QED) is 0.803. The van der Waals surface area contributed by atoms with Crippen LogP contribution in [0.15, 0.2) is 0 Å². The van der Waals surface area contributed by atoms with Gasteiger partial charge in [0.25, 0.3) is 0 Å². The molecule has 1 aromatic rings. The van der Waals surface area contributed by atoms with Crippen LogP contribution in [0.25, 0.3) is 0 Å². The zero-order valence-electron chi connectivity index (χ0n) is 12.9. The van der Waals surface area contributed by atoms with Crippen LogP contribution in [0.1, 0.15) is 51.3 Å². The van der Waals surface area contributed by atoms with Crippen LogP contribution in [-0.4, -0.2) is 53.9 Å². The van der Waals surface area contributed by atoms with Gasteiger partial charge in [0.15, 0.2) is 5.82 Å². The van der Waals surface area contributed by atoms with Gasteiger partial charge in [-0.2, -0.15) is 0 Å². The van der Waals surface area contributed by atoms with Crippen LogP contribution in [0.4, 0.5) is 0 Å². The van der Waals surface area contributed by atoms with Gasteiger partial charge in [-0.1, -0.05) is 12.2 Å². The Morgan fingerprint density at radius 1 is 1.38 bits per heavy atom. The topological polar surface area (TPSA) is 67.1 Å². The Hall–Kier alpha value is -1.08. The standard InChI is InChI=1S/C14H25N5OS/c1-3-19(11-7-9-12(20)10-8-11)14(21)6-4-5-13-15-16-17-18(13)2/h11-12,20H,3-10H2,1-2H3. The molecular formula is C14H25N5OS. The molecule has 1 aliphatic rings. The van der Waals surface area contributed by atoms with E-state index in [9.17, 15) is 5.11 Å². The Kier molecular flexibility index (Phi) is 6.05. The maximum absolute atomic E-state index is 9.62. The van der Waals surface area contributed by atoms with Crippen molar-refractivity contribution in [3.05, 3.63) is 5.82 Å². The second kappa shape index (κ2) is 7.79. The molecule has 0 aromatic carbocycles. The molecule has 118 valence electrons. The molecule has 21 heavy (non-hydrogen) atoms. The number of aromatic nitrogens is 4. The van der Waals surface area contributed by atoms with E-state index in [1.165, 1.54) is 0 Å². The third-order valence-electron chi connectivity index (χ3n) is 4.27. The summed E-state index contributed by atoms with van der Waals surface area (Å²) in [5.41, 5.74) is 0. The van der Waals surface area contributed by atoms with E-state index in [0.717, 1.165) is 62.3 Å². The largest absolute Gasteiger partial charge is 0.393 e. The molecule has 0 spiro atoms. The molecule has 1 aromatic heterocycles. The van der Waals surface area contributed by atoms with Crippen LogP contribution in [-0.2, 0) is 13.5 Å². The van der Waals surface area contributed by atoms with Crippen LogP contribution >= 0.6 is 12.2 Å². The van der Waals surface area contributed by atoms with Gasteiger partial charge in [0.1, 0.15) is 0 Å². The molecule has 0 amide bonds. The fourth-order valence-electron chi connectivity index (χ4n) is 3.01. The van der Waals surface area contributed by atoms with E-state index < -0.39 is 0 Å². The van der Waals surface area contributed by atoms with E-state index in [4.69, 9.17) is 12.2 Å². The van der Waals surface area contributed by atoms with Crippen molar-refractivity contribution in [2.24, 2.45) is 7.05 Å². The van der Waals surface area contributed by atoms with E-state index in [1.807, 2.05) is 7.05 Å². The van der Waals surface area contributed by atoms with Crippen LogP contribution < -0.4 is 0 Å². The highest BCUT2D eigenvalue weighted by Crippen LogP contribution is 2.24. The fraction of sp³-hybridized carbons (Fsp3) is 0.857. The first-order chi connectivity index (χ1) is 10.1. The normalized spacial score (nSPS) is 22.2. The molecule has 2 rings (SSSR count). The lowest BCUT2D eigenvalue weighted by molar-refractivity contribution is 0.0980. The molecule has 1 saturated carbocycles. The lowest BCUT2D eigenvalue weighted by atomic mass is 9.92. The van der Waals surface area contributed by atoms with E-state index in [0.29, 0.717) is 6.04 Å². The Labute approximate surface area is 131 Å². The number of hydrogen-bond donors (Lipinski definition) is 1. The van der Waals surface area contributed by atoms with Gasteiger partial charge in [-0.05, 0) is 55.9 Å². The van der Waals surface area contributed by atoms with Gasteiger partial charge >= 0.3 is 0 Å². The van der Waals surface area contributed by atoms with E-state index in [-0.39, 0.29) is 6.10 Å². The molecule has 0 saturated heterocycles. The summed E-state index contributed by atoms with van der Waals surface area (Å²) in [5.74, 6) is 0.904. The average molecular weight is 311 g/mol. The second-order valence-corrected chi connectivity index (χ2v) is 6.19. The second-order valence-electron chi connectivity index (χ2n) is 5.71. The third kappa shape index (κ3) is 4.44. The number of hydrogen-bond acceptors (Lipinski definition) is 5. The van der Waals surface area contributed by atoms with E-state index >= 15 is 0 Å². The molecule has 7 heteroatoms. The molecule has 0 aliphatic heterocycles. The number of aliphatic hydroxyl groups is 1. The summed E-state index contributed by atoms with van der Waals surface area (Å²) in [6.07, 6.45) is 6.49. The number of tetrazole rings is 1. The van der Waals surface area contributed by atoms with Crippen LogP contribution in [0.5, 0.6) is 0 Å². The fourth-order valence-corrected chi connectivity index (χ4v) is 3.43. The van der Waals surface area contributed by atoms with Crippen molar-refractivity contribution in [3.63, 3.8) is 0 Å². The molecule has 0 atom stereocenters. The zero-order chi connectivity index (χ0) is 15.2. The van der Waals surface area contributed by atoms with Gasteiger partial charge in [0.05, 0.1) is 11.1 Å². The maximum Gasteiger partial charge on any atom is 0.150 e. The summed E-state index contributed by atoms with van der Waals surface area (Å²) in [5, 5.41) is 21.1. The van der Waals surface area contributed by atoms with E-state index in [2.05, 4.69) is 27.3 Å². The summed E-state index contributed by atoms with van der Waals surface area (Å²) in [6, 6.07) is 0.502. The third-order valence-corrected chi connectivity index (χ3v) is 4.71. The molecule has 1 aliphatic carbocycles. The molecule has 0 bridgehead atoms. The summed E-state index contributed by atoms with van der Waals surface area (Å²) in [7, 11) is 1.86. The molecule has 1 fully saturated rings. The number of aliphatic hydroxyl groups excluding tert-OH is 1. The van der Waals surface area contributed by atoms with Crippen molar-refractivity contribution in [2.45, 2.75) is 64.0 Å². The van der Waals surface area contributed by atoms with Gasteiger partial charge in [-0.25, -0.2) is 4.68 Å². The number of thiocarbonyl (C=S) groups is 1. The van der Waals surface area contributed by atoms with Crippen molar-refractivity contribution < 1.29 is 5.11 Å².